The predicted molar refractivity (Wildman–Crippen MR) is 132 cm³/mol. The lowest BCUT2D eigenvalue weighted by molar-refractivity contribution is -0.133. The molecule has 1 amide bonds. The maximum Gasteiger partial charge on any atom is 0.339 e. The Balaban J connectivity index is 1.33. The number of likely N-dealkylation sites (tertiary alicyclic amines) is 1. The smallest absolute Gasteiger partial charge is 0.339 e. The SMILES string of the molecule is CCOC(=O)c1ccc(N2CCN(CC(=O)N3CCCC3c3ccc(OC)cc3OC)CC2)nc1. The van der Waals surface area contributed by atoms with Crippen LogP contribution in [0.25, 0.3) is 0 Å². The first-order valence-electron chi connectivity index (χ1n) is 12.2. The lowest BCUT2D eigenvalue weighted by Gasteiger charge is -2.36. The third-order valence-corrected chi connectivity index (χ3v) is 6.69. The number of benzene rings is 1. The molecule has 2 aliphatic rings. The molecule has 0 bridgehead atoms. The Kier molecular flexibility index (Phi) is 8.07. The molecular weight excluding hydrogens is 448 g/mol. The Labute approximate surface area is 206 Å². The van der Waals surface area contributed by atoms with Gasteiger partial charge in [-0.15, -0.1) is 0 Å². The third kappa shape index (κ3) is 5.67. The summed E-state index contributed by atoms with van der Waals surface area (Å²) in [5.41, 5.74) is 1.48. The fourth-order valence-electron chi connectivity index (χ4n) is 4.81. The number of ether oxygens (including phenoxy) is 3. The van der Waals surface area contributed by atoms with Crippen molar-refractivity contribution in [1.29, 1.82) is 0 Å². The number of aromatic nitrogens is 1. The molecular formula is C26H34N4O5. The van der Waals surface area contributed by atoms with Crippen LogP contribution >= 0.6 is 0 Å². The minimum Gasteiger partial charge on any atom is -0.497 e. The van der Waals surface area contributed by atoms with E-state index in [-0.39, 0.29) is 17.9 Å². The van der Waals surface area contributed by atoms with Gasteiger partial charge in [0, 0.05) is 50.6 Å². The molecule has 3 heterocycles. The topological polar surface area (TPSA) is 84.4 Å². The summed E-state index contributed by atoms with van der Waals surface area (Å²) < 4.78 is 15.9. The van der Waals surface area contributed by atoms with Gasteiger partial charge in [-0.3, -0.25) is 9.69 Å². The molecule has 2 fully saturated rings. The molecule has 2 aliphatic heterocycles. The molecule has 1 atom stereocenters. The summed E-state index contributed by atoms with van der Waals surface area (Å²) >= 11 is 0. The van der Waals surface area contributed by atoms with Crippen molar-refractivity contribution in [3.05, 3.63) is 47.7 Å². The third-order valence-electron chi connectivity index (χ3n) is 6.69. The second-order valence-electron chi connectivity index (χ2n) is 8.74. The van der Waals surface area contributed by atoms with E-state index < -0.39 is 0 Å². The van der Waals surface area contributed by atoms with E-state index in [9.17, 15) is 9.59 Å². The van der Waals surface area contributed by atoms with Crippen LogP contribution in [-0.4, -0.2) is 86.8 Å². The van der Waals surface area contributed by atoms with Crippen LogP contribution in [0.15, 0.2) is 36.5 Å². The molecule has 188 valence electrons. The molecule has 0 saturated carbocycles. The Morgan fingerprint density at radius 2 is 1.83 bits per heavy atom. The second kappa shape index (κ2) is 11.4. The number of hydrogen-bond acceptors (Lipinski definition) is 8. The first-order chi connectivity index (χ1) is 17.0. The van der Waals surface area contributed by atoms with Crippen molar-refractivity contribution < 1.29 is 23.8 Å². The van der Waals surface area contributed by atoms with Crippen LogP contribution in [0, 0.1) is 0 Å². The van der Waals surface area contributed by atoms with Crippen LogP contribution < -0.4 is 14.4 Å². The maximum atomic E-state index is 13.3. The minimum atomic E-state index is -0.359. The van der Waals surface area contributed by atoms with Gasteiger partial charge in [0.1, 0.15) is 17.3 Å². The van der Waals surface area contributed by atoms with Crippen LogP contribution in [0.3, 0.4) is 0 Å². The molecule has 1 aromatic heterocycles. The van der Waals surface area contributed by atoms with Crippen molar-refractivity contribution in [2.24, 2.45) is 0 Å². The summed E-state index contributed by atoms with van der Waals surface area (Å²) in [4.78, 5) is 35.9. The Bertz CT molecular complexity index is 1020. The fraction of sp³-hybridized carbons (Fsp3) is 0.500. The molecule has 2 aromatic rings. The average Bonchev–Trinajstić information content (AvgIpc) is 3.39. The number of amides is 1. The zero-order valence-corrected chi connectivity index (χ0v) is 20.7. The number of hydrogen-bond donors (Lipinski definition) is 0. The highest BCUT2D eigenvalue weighted by molar-refractivity contribution is 5.89. The van der Waals surface area contributed by atoms with Crippen LogP contribution in [0.2, 0.25) is 0 Å². The number of pyridine rings is 1. The quantitative estimate of drug-likeness (QED) is 0.531. The highest BCUT2D eigenvalue weighted by Crippen LogP contribution is 2.38. The molecule has 9 nitrogen and oxygen atoms in total. The molecule has 0 N–H and O–H groups in total. The van der Waals surface area contributed by atoms with E-state index in [0.717, 1.165) is 68.4 Å². The minimum absolute atomic E-state index is 0.0201. The van der Waals surface area contributed by atoms with Gasteiger partial charge in [0.25, 0.3) is 0 Å². The van der Waals surface area contributed by atoms with Crippen LogP contribution in [0.1, 0.15) is 41.7 Å². The molecule has 1 unspecified atom stereocenters. The van der Waals surface area contributed by atoms with Gasteiger partial charge in [-0.25, -0.2) is 9.78 Å². The second-order valence-corrected chi connectivity index (χ2v) is 8.74. The maximum absolute atomic E-state index is 13.3. The van der Waals surface area contributed by atoms with Gasteiger partial charge in [0.2, 0.25) is 5.91 Å². The molecule has 0 radical (unpaired) electrons. The Hall–Kier alpha value is -3.33. The summed E-state index contributed by atoms with van der Waals surface area (Å²) in [7, 11) is 3.28. The van der Waals surface area contributed by atoms with E-state index in [1.807, 2.05) is 29.2 Å². The molecule has 35 heavy (non-hydrogen) atoms. The van der Waals surface area contributed by atoms with Gasteiger partial charge in [0.15, 0.2) is 0 Å². The van der Waals surface area contributed by atoms with Crippen molar-refractivity contribution in [3.8, 4) is 11.5 Å². The van der Waals surface area contributed by atoms with Crippen LogP contribution in [-0.2, 0) is 9.53 Å². The number of nitrogens with zero attached hydrogens (tertiary/aromatic N) is 4. The van der Waals surface area contributed by atoms with Crippen LogP contribution in [0.5, 0.6) is 11.5 Å². The van der Waals surface area contributed by atoms with Crippen molar-refractivity contribution in [1.82, 2.24) is 14.8 Å². The van der Waals surface area contributed by atoms with Gasteiger partial charge in [-0.05, 0) is 44.0 Å². The number of carbonyl (C=O) groups excluding carboxylic acids is 2. The molecule has 4 rings (SSSR count). The molecule has 1 aromatic carbocycles. The summed E-state index contributed by atoms with van der Waals surface area (Å²) in [6, 6.07) is 9.43. The molecule has 2 saturated heterocycles. The van der Waals surface area contributed by atoms with E-state index in [0.29, 0.717) is 18.7 Å². The number of rotatable bonds is 8. The van der Waals surface area contributed by atoms with Crippen molar-refractivity contribution in [3.63, 3.8) is 0 Å². The van der Waals surface area contributed by atoms with Gasteiger partial charge in [-0.1, -0.05) is 0 Å². The largest absolute Gasteiger partial charge is 0.497 e. The van der Waals surface area contributed by atoms with E-state index in [4.69, 9.17) is 14.2 Å². The molecule has 0 spiro atoms. The van der Waals surface area contributed by atoms with Gasteiger partial charge < -0.3 is 24.0 Å². The highest BCUT2D eigenvalue weighted by atomic mass is 16.5. The van der Waals surface area contributed by atoms with E-state index in [1.54, 1.807) is 33.4 Å². The summed E-state index contributed by atoms with van der Waals surface area (Å²) in [5.74, 6) is 2.11. The zero-order chi connectivity index (χ0) is 24.8. The van der Waals surface area contributed by atoms with Gasteiger partial charge >= 0.3 is 5.97 Å². The lowest BCUT2D eigenvalue weighted by atomic mass is 10.0. The zero-order valence-electron chi connectivity index (χ0n) is 20.7. The Morgan fingerprint density at radius 1 is 1.03 bits per heavy atom. The van der Waals surface area contributed by atoms with E-state index in [1.165, 1.54) is 0 Å². The number of carbonyl (C=O) groups is 2. The first-order valence-corrected chi connectivity index (χ1v) is 12.2. The number of anilines is 1. The molecule has 0 aliphatic carbocycles. The van der Waals surface area contributed by atoms with Gasteiger partial charge in [0.05, 0.1) is 39.0 Å². The summed E-state index contributed by atoms with van der Waals surface area (Å²) in [6.07, 6.45) is 3.46. The highest BCUT2D eigenvalue weighted by Gasteiger charge is 2.33. The van der Waals surface area contributed by atoms with Crippen molar-refractivity contribution in [2.75, 3.05) is 65.0 Å². The van der Waals surface area contributed by atoms with Gasteiger partial charge in [-0.2, -0.15) is 0 Å². The number of piperazine rings is 1. The molecule has 9 heteroatoms. The number of esters is 1. The first kappa shape index (κ1) is 24.8. The summed E-state index contributed by atoms with van der Waals surface area (Å²) in [5, 5.41) is 0. The van der Waals surface area contributed by atoms with Crippen molar-refractivity contribution >= 4 is 17.7 Å². The van der Waals surface area contributed by atoms with Crippen LogP contribution in [0.4, 0.5) is 5.82 Å². The predicted octanol–water partition coefficient (Wildman–Crippen LogP) is 2.76. The summed E-state index contributed by atoms with van der Waals surface area (Å²) in [6.45, 7) is 6.38. The normalized spacial score (nSPS) is 18.4. The average molecular weight is 483 g/mol. The standard InChI is InChI=1S/C26H34N4O5/c1-4-35-26(32)19-7-10-24(27-17-19)29-14-12-28(13-15-29)18-25(31)30-11-5-6-22(30)21-9-8-20(33-2)16-23(21)34-3/h7-10,16-17,22H,4-6,11-15,18H2,1-3H3. The fourth-order valence-corrected chi connectivity index (χ4v) is 4.81. The Morgan fingerprint density at radius 3 is 2.49 bits per heavy atom. The van der Waals surface area contributed by atoms with E-state index in [2.05, 4.69) is 14.8 Å². The lowest BCUT2D eigenvalue weighted by Crippen LogP contribution is -2.50. The number of methoxy groups -OCH3 is 2. The van der Waals surface area contributed by atoms with E-state index >= 15 is 0 Å². The monoisotopic (exact) mass is 482 g/mol. The van der Waals surface area contributed by atoms with Crippen molar-refractivity contribution in [2.45, 2.75) is 25.8 Å².